The Morgan fingerprint density at radius 3 is 2.85 bits per heavy atom. The van der Waals surface area contributed by atoms with E-state index < -0.39 is 12.5 Å². The van der Waals surface area contributed by atoms with Crippen molar-refractivity contribution in [2.45, 2.75) is 20.1 Å². The lowest BCUT2D eigenvalue weighted by Crippen LogP contribution is -2.10. The molecule has 0 saturated heterocycles. The van der Waals surface area contributed by atoms with Crippen LogP contribution in [0.3, 0.4) is 0 Å². The Hall–Kier alpha value is -3.22. The molecule has 2 heterocycles. The van der Waals surface area contributed by atoms with Gasteiger partial charge >= 0.3 is 12.5 Å². The fourth-order valence-corrected chi connectivity index (χ4v) is 2.97. The molecule has 0 unspecified atom stereocenters. The number of aromatic nitrogens is 2. The number of fused-ring (bicyclic) bond motifs is 3. The highest BCUT2D eigenvalue weighted by molar-refractivity contribution is 6.08. The molecular weight excluding hydrogens is 342 g/mol. The van der Waals surface area contributed by atoms with E-state index in [1.165, 1.54) is 6.20 Å². The maximum atomic E-state index is 12.8. The van der Waals surface area contributed by atoms with Crippen LogP contribution in [0.4, 0.5) is 8.78 Å². The summed E-state index contributed by atoms with van der Waals surface area (Å²) < 4.78 is 37.2. The molecule has 0 spiro atoms. The fraction of sp³-hybridized carbons (Fsp3) is 0.158. The second-order valence-corrected chi connectivity index (χ2v) is 5.82. The zero-order chi connectivity index (χ0) is 18.3. The molecule has 0 N–H and O–H groups in total. The predicted octanol–water partition coefficient (Wildman–Crippen LogP) is 4.84. The van der Waals surface area contributed by atoms with Gasteiger partial charge in [-0.1, -0.05) is 36.4 Å². The Kier molecular flexibility index (Phi) is 3.91. The molecule has 4 aromatic rings. The number of alkyl halides is 2. The van der Waals surface area contributed by atoms with Crippen molar-refractivity contribution in [2.24, 2.45) is 0 Å². The zero-order valence-electron chi connectivity index (χ0n) is 13.8. The number of rotatable bonds is 4. The van der Waals surface area contributed by atoms with E-state index in [2.05, 4.69) is 4.98 Å². The van der Waals surface area contributed by atoms with Crippen molar-refractivity contribution in [3.05, 3.63) is 65.9 Å². The molecule has 132 valence electrons. The van der Waals surface area contributed by atoms with Crippen LogP contribution in [0, 0.1) is 6.92 Å². The van der Waals surface area contributed by atoms with Gasteiger partial charge in [-0.15, -0.1) is 0 Å². The molecule has 7 heteroatoms. The number of esters is 1. The third kappa shape index (κ3) is 2.61. The number of nitrogens with zero attached hydrogens (tertiary/aromatic N) is 2. The van der Waals surface area contributed by atoms with Gasteiger partial charge in [0.1, 0.15) is 12.2 Å². The van der Waals surface area contributed by atoms with Crippen molar-refractivity contribution in [2.75, 3.05) is 0 Å². The number of aryl methyl sites for hydroxylation is 1. The van der Waals surface area contributed by atoms with E-state index in [1.807, 2.05) is 36.4 Å². The number of carbonyl (C=O) groups excluding carboxylic acids is 1. The van der Waals surface area contributed by atoms with Crippen LogP contribution in [0.25, 0.3) is 21.7 Å². The number of hydrogen-bond donors (Lipinski definition) is 0. The van der Waals surface area contributed by atoms with Crippen molar-refractivity contribution in [3.63, 3.8) is 0 Å². The van der Waals surface area contributed by atoms with Crippen LogP contribution in [0.1, 0.15) is 28.5 Å². The van der Waals surface area contributed by atoms with E-state index in [9.17, 15) is 13.6 Å². The molecule has 0 bridgehead atoms. The maximum absolute atomic E-state index is 12.8. The van der Waals surface area contributed by atoms with Crippen LogP contribution in [0.15, 0.2) is 53.2 Å². The third-order valence-corrected chi connectivity index (χ3v) is 4.31. The predicted molar refractivity (Wildman–Crippen MR) is 91.1 cm³/mol. The van der Waals surface area contributed by atoms with E-state index in [4.69, 9.17) is 9.15 Å². The van der Waals surface area contributed by atoms with Gasteiger partial charge in [-0.05, 0) is 12.3 Å². The van der Waals surface area contributed by atoms with Gasteiger partial charge in [0.25, 0.3) is 0 Å². The summed E-state index contributed by atoms with van der Waals surface area (Å²) in [6, 6.07) is 11.5. The molecule has 2 aromatic carbocycles. The summed E-state index contributed by atoms with van der Waals surface area (Å²) in [5.41, 5.74) is 1.24. The van der Waals surface area contributed by atoms with Crippen molar-refractivity contribution in [3.8, 4) is 0 Å². The standard InChI is InChI=1S/C19H14F2N2O3/c1-11-13-7-6-12-4-2-3-5-14(12)17(13)26-16(11)18(24)25-10-15-22-8-9-23(15)19(20)21/h2-9,19H,10H2,1H3. The minimum Gasteiger partial charge on any atom is -0.452 e. The highest BCUT2D eigenvalue weighted by Gasteiger charge is 2.21. The molecule has 0 aliphatic rings. The van der Waals surface area contributed by atoms with E-state index in [1.54, 1.807) is 6.92 Å². The minimum absolute atomic E-state index is 0.0347. The Labute approximate surface area is 146 Å². The van der Waals surface area contributed by atoms with Crippen LogP contribution in [-0.4, -0.2) is 15.5 Å². The lowest BCUT2D eigenvalue weighted by atomic mass is 10.1. The lowest BCUT2D eigenvalue weighted by Gasteiger charge is -2.06. The summed E-state index contributed by atoms with van der Waals surface area (Å²) in [4.78, 5) is 16.2. The summed E-state index contributed by atoms with van der Waals surface area (Å²) in [6.45, 7) is -1.35. The molecule has 0 aliphatic heterocycles. The minimum atomic E-state index is -2.74. The number of hydrogen-bond acceptors (Lipinski definition) is 4. The molecule has 0 amide bonds. The molecule has 0 fully saturated rings. The molecule has 5 nitrogen and oxygen atoms in total. The molecule has 0 aliphatic carbocycles. The number of halogens is 2. The topological polar surface area (TPSA) is 57.3 Å². The Bertz CT molecular complexity index is 1110. The van der Waals surface area contributed by atoms with Gasteiger partial charge in [0.15, 0.2) is 5.82 Å². The van der Waals surface area contributed by atoms with E-state index >= 15 is 0 Å². The van der Waals surface area contributed by atoms with Crippen LogP contribution in [0.5, 0.6) is 0 Å². The van der Waals surface area contributed by atoms with Crippen LogP contribution in [-0.2, 0) is 11.3 Å². The largest absolute Gasteiger partial charge is 0.452 e. The van der Waals surface area contributed by atoms with Gasteiger partial charge in [-0.25, -0.2) is 9.78 Å². The van der Waals surface area contributed by atoms with Gasteiger partial charge in [0, 0.05) is 28.7 Å². The third-order valence-electron chi connectivity index (χ3n) is 4.31. The van der Waals surface area contributed by atoms with E-state index in [0.717, 1.165) is 22.4 Å². The second kappa shape index (κ2) is 6.25. The van der Waals surface area contributed by atoms with Crippen LogP contribution < -0.4 is 0 Å². The molecule has 26 heavy (non-hydrogen) atoms. The number of carbonyl (C=O) groups is 1. The SMILES string of the molecule is Cc1c(C(=O)OCc2nccn2C(F)F)oc2c1ccc1ccccc12. The Morgan fingerprint density at radius 2 is 2.04 bits per heavy atom. The van der Waals surface area contributed by atoms with Gasteiger partial charge in [-0.3, -0.25) is 4.57 Å². The first-order chi connectivity index (χ1) is 12.6. The molecule has 0 atom stereocenters. The average Bonchev–Trinajstić information content (AvgIpc) is 3.24. The van der Waals surface area contributed by atoms with Crippen molar-refractivity contribution < 1.29 is 22.7 Å². The smallest absolute Gasteiger partial charge is 0.375 e. The first kappa shape index (κ1) is 16.3. The molecule has 2 aromatic heterocycles. The van der Waals surface area contributed by atoms with Gasteiger partial charge in [-0.2, -0.15) is 8.78 Å². The monoisotopic (exact) mass is 356 g/mol. The summed E-state index contributed by atoms with van der Waals surface area (Å²) in [7, 11) is 0. The first-order valence-corrected chi connectivity index (χ1v) is 7.94. The normalized spacial score (nSPS) is 11.5. The Balaban J connectivity index is 1.65. The van der Waals surface area contributed by atoms with E-state index in [-0.39, 0.29) is 18.2 Å². The number of furan rings is 1. The molecular formula is C19H14F2N2O3. The van der Waals surface area contributed by atoms with Gasteiger partial charge < -0.3 is 9.15 Å². The van der Waals surface area contributed by atoms with Crippen molar-refractivity contribution in [1.29, 1.82) is 0 Å². The highest BCUT2D eigenvalue weighted by Crippen LogP contribution is 2.32. The van der Waals surface area contributed by atoms with Crippen molar-refractivity contribution >= 4 is 27.7 Å². The maximum Gasteiger partial charge on any atom is 0.375 e. The summed E-state index contributed by atoms with van der Waals surface area (Å²) in [5.74, 6) is -0.689. The number of benzene rings is 2. The zero-order valence-corrected chi connectivity index (χ0v) is 13.8. The van der Waals surface area contributed by atoms with Crippen LogP contribution >= 0.6 is 0 Å². The van der Waals surface area contributed by atoms with Crippen molar-refractivity contribution in [1.82, 2.24) is 9.55 Å². The van der Waals surface area contributed by atoms with Crippen LogP contribution in [0.2, 0.25) is 0 Å². The summed E-state index contributed by atoms with van der Waals surface area (Å²) >= 11 is 0. The average molecular weight is 356 g/mol. The number of imidazole rings is 1. The van der Waals surface area contributed by atoms with Gasteiger partial charge in [0.05, 0.1) is 0 Å². The fourth-order valence-electron chi connectivity index (χ4n) is 2.97. The lowest BCUT2D eigenvalue weighted by molar-refractivity contribution is 0.0349. The molecule has 4 rings (SSSR count). The summed E-state index contributed by atoms with van der Waals surface area (Å²) in [5, 5.41) is 2.69. The Morgan fingerprint density at radius 1 is 1.23 bits per heavy atom. The molecule has 0 radical (unpaired) electrons. The number of ether oxygens (including phenoxy) is 1. The summed E-state index contributed by atoms with van der Waals surface area (Å²) in [6.07, 6.45) is 2.36. The highest BCUT2D eigenvalue weighted by atomic mass is 19.3. The first-order valence-electron chi connectivity index (χ1n) is 7.94. The van der Waals surface area contributed by atoms with Gasteiger partial charge in [0.2, 0.25) is 5.76 Å². The second-order valence-electron chi connectivity index (χ2n) is 5.82. The van der Waals surface area contributed by atoms with E-state index in [0.29, 0.717) is 15.7 Å². The molecule has 0 saturated carbocycles. The quantitative estimate of drug-likeness (QED) is 0.491.